The highest BCUT2D eigenvalue weighted by molar-refractivity contribution is 5.84. The first-order chi connectivity index (χ1) is 13.1. The predicted octanol–water partition coefficient (Wildman–Crippen LogP) is 2.73. The van der Waals surface area contributed by atoms with Crippen molar-refractivity contribution in [3.8, 4) is 16.9 Å². The average molecular weight is 369 g/mol. The summed E-state index contributed by atoms with van der Waals surface area (Å²) in [6, 6.07) is 16.2. The Morgan fingerprint density at radius 2 is 1.89 bits per heavy atom. The average Bonchev–Trinajstić information content (AvgIpc) is 2.72. The van der Waals surface area contributed by atoms with Gasteiger partial charge in [-0.05, 0) is 24.5 Å². The molecule has 2 unspecified atom stereocenters. The van der Waals surface area contributed by atoms with Crippen molar-refractivity contribution < 1.29 is 24.2 Å². The molecule has 2 N–H and O–H groups in total. The summed E-state index contributed by atoms with van der Waals surface area (Å²) < 4.78 is 11.0. The molecule has 142 valence electrons. The number of aliphatic carboxylic acids is 1. The van der Waals surface area contributed by atoms with Crippen molar-refractivity contribution in [3.63, 3.8) is 0 Å². The molecule has 2 aromatic carbocycles. The highest BCUT2D eigenvalue weighted by Gasteiger charge is 2.31. The quantitative estimate of drug-likeness (QED) is 0.784. The molecular formula is C21H23NO5. The van der Waals surface area contributed by atoms with Gasteiger partial charge in [-0.3, -0.25) is 4.79 Å². The Labute approximate surface area is 158 Å². The molecular weight excluding hydrogens is 346 g/mol. The number of nitrogens with one attached hydrogen (secondary N) is 1. The van der Waals surface area contributed by atoms with Gasteiger partial charge in [0.05, 0.1) is 6.61 Å². The van der Waals surface area contributed by atoms with Gasteiger partial charge < -0.3 is 19.9 Å². The molecule has 3 rings (SSSR count). The van der Waals surface area contributed by atoms with Crippen LogP contribution in [0.4, 0.5) is 0 Å². The zero-order valence-electron chi connectivity index (χ0n) is 15.0. The number of carbonyl (C=O) groups excluding carboxylic acids is 1. The number of hydrogen-bond donors (Lipinski definition) is 2. The van der Waals surface area contributed by atoms with Gasteiger partial charge in [-0.2, -0.15) is 0 Å². The Hall–Kier alpha value is -2.86. The third-order valence-electron chi connectivity index (χ3n) is 4.58. The van der Waals surface area contributed by atoms with Gasteiger partial charge in [-0.25, -0.2) is 4.79 Å². The van der Waals surface area contributed by atoms with Gasteiger partial charge in [0.15, 0.2) is 6.61 Å². The third kappa shape index (κ3) is 5.08. The Morgan fingerprint density at radius 3 is 2.59 bits per heavy atom. The monoisotopic (exact) mass is 369 g/mol. The lowest BCUT2D eigenvalue weighted by Gasteiger charge is -2.28. The molecule has 2 aromatic rings. The number of amides is 1. The van der Waals surface area contributed by atoms with Crippen LogP contribution in [0.3, 0.4) is 0 Å². The fourth-order valence-electron chi connectivity index (χ4n) is 3.22. The minimum atomic E-state index is -1.05. The van der Waals surface area contributed by atoms with E-state index in [-0.39, 0.29) is 12.5 Å². The van der Waals surface area contributed by atoms with Gasteiger partial charge >= 0.3 is 5.97 Å². The molecule has 0 spiro atoms. The van der Waals surface area contributed by atoms with Crippen LogP contribution < -0.4 is 10.1 Å². The molecule has 2 atom stereocenters. The largest absolute Gasteiger partial charge is 0.483 e. The summed E-state index contributed by atoms with van der Waals surface area (Å²) in [7, 11) is 0. The van der Waals surface area contributed by atoms with Crippen LogP contribution in [0.25, 0.3) is 11.1 Å². The lowest BCUT2D eigenvalue weighted by Crippen LogP contribution is -2.49. The Morgan fingerprint density at radius 1 is 1.15 bits per heavy atom. The normalized spacial score (nSPS) is 17.7. The van der Waals surface area contributed by atoms with E-state index in [1.807, 2.05) is 48.5 Å². The molecule has 0 aliphatic carbocycles. The summed E-state index contributed by atoms with van der Waals surface area (Å²) >= 11 is 0. The Kier molecular flexibility index (Phi) is 6.44. The highest BCUT2D eigenvalue weighted by Crippen LogP contribution is 2.29. The summed E-state index contributed by atoms with van der Waals surface area (Å²) in [6.45, 7) is 0.728. The second kappa shape index (κ2) is 9.19. The molecule has 0 saturated carbocycles. The van der Waals surface area contributed by atoms with Gasteiger partial charge in [-0.1, -0.05) is 48.5 Å². The lowest BCUT2D eigenvalue weighted by atomic mass is 9.93. The van der Waals surface area contributed by atoms with E-state index in [4.69, 9.17) is 9.47 Å². The topological polar surface area (TPSA) is 84.9 Å². The van der Waals surface area contributed by atoms with Crippen molar-refractivity contribution in [1.82, 2.24) is 5.32 Å². The first kappa shape index (κ1) is 18.9. The summed E-state index contributed by atoms with van der Waals surface area (Å²) in [6.07, 6.45) is 1.51. The third-order valence-corrected chi connectivity index (χ3v) is 4.58. The van der Waals surface area contributed by atoms with Crippen molar-refractivity contribution in [2.45, 2.75) is 18.9 Å². The molecule has 1 aliphatic rings. The zero-order valence-corrected chi connectivity index (χ0v) is 15.0. The molecule has 1 heterocycles. The van der Waals surface area contributed by atoms with Crippen LogP contribution in [-0.4, -0.2) is 42.8 Å². The van der Waals surface area contributed by atoms with Crippen molar-refractivity contribution in [2.24, 2.45) is 5.92 Å². The Balaban J connectivity index is 1.63. The number of hydrogen-bond acceptors (Lipinski definition) is 4. The van der Waals surface area contributed by atoms with Gasteiger partial charge in [0.2, 0.25) is 0 Å². The number of carboxylic acids is 1. The van der Waals surface area contributed by atoms with Crippen LogP contribution in [0.2, 0.25) is 0 Å². The van der Waals surface area contributed by atoms with Crippen molar-refractivity contribution in [1.29, 1.82) is 0 Å². The molecule has 1 amide bonds. The molecule has 1 fully saturated rings. The van der Waals surface area contributed by atoms with E-state index in [9.17, 15) is 14.7 Å². The van der Waals surface area contributed by atoms with E-state index in [0.29, 0.717) is 19.0 Å². The fraction of sp³-hybridized carbons (Fsp3) is 0.333. The van der Waals surface area contributed by atoms with E-state index >= 15 is 0 Å². The molecule has 1 aliphatic heterocycles. The van der Waals surface area contributed by atoms with E-state index in [1.165, 1.54) is 0 Å². The number of rotatable bonds is 7. The maximum Gasteiger partial charge on any atom is 0.326 e. The molecule has 1 saturated heterocycles. The smallest absolute Gasteiger partial charge is 0.326 e. The minimum absolute atomic E-state index is 0.225. The predicted molar refractivity (Wildman–Crippen MR) is 100 cm³/mol. The molecule has 27 heavy (non-hydrogen) atoms. The van der Waals surface area contributed by atoms with Crippen molar-refractivity contribution >= 4 is 11.9 Å². The second-order valence-electron chi connectivity index (χ2n) is 6.51. The number of carbonyl (C=O) groups is 2. The van der Waals surface area contributed by atoms with Gasteiger partial charge in [0.1, 0.15) is 11.8 Å². The van der Waals surface area contributed by atoms with Crippen LogP contribution in [0, 0.1) is 5.92 Å². The highest BCUT2D eigenvalue weighted by atomic mass is 16.5. The molecule has 0 radical (unpaired) electrons. The first-order valence-electron chi connectivity index (χ1n) is 9.02. The Bertz CT molecular complexity index is 771. The number of ether oxygens (including phenoxy) is 2. The van der Waals surface area contributed by atoms with Crippen LogP contribution in [0.5, 0.6) is 5.75 Å². The van der Waals surface area contributed by atoms with Crippen LogP contribution >= 0.6 is 0 Å². The molecule has 6 nitrogen and oxygen atoms in total. The lowest BCUT2D eigenvalue weighted by molar-refractivity contribution is -0.145. The van der Waals surface area contributed by atoms with Crippen LogP contribution in [-0.2, 0) is 14.3 Å². The number of benzene rings is 2. The van der Waals surface area contributed by atoms with Crippen molar-refractivity contribution in [2.75, 3.05) is 19.8 Å². The van der Waals surface area contributed by atoms with Gasteiger partial charge in [-0.15, -0.1) is 0 Å². The molecule has 0 aromatic heterocycles. The van der Waals surface area contributed by atoms with Crippen LogP contribution in [0.1, 0.15) is 12.8 Å². The van der Waals surface area contributed by atoms with Gasteiger partial charge in [0.25, 0.3) is 5.91 Å². The van der Waals surface area contributed by atoms with Gasteiger partial charge in [0, 0.05) is 18.1 Å². The summed E-state index contributed by atoms with van der Waals surface area (Å²) in [5, 5.41) is 12.0. The standard InChI is InChI=1S/C21H23NO5/c23-19(22-20(21(24)25)16-9-6-12-26-13-16)14-27-18-11-5-4-10-17(18)15-7-2-1-3-8-15/h1-5,7-8,10-11,16,20H,6,9,12-14H2,(H,22,23)(H,24,25). The van der Waals surface area contributed by atoms with Crippen LogP contribution in [0.15, 0.2) is 54.6 Å². The SMILES string of the molecule is O=C(COc1ccccc1-c1ccccc1)NC(C(=O)O)C1CCCOC1. The number of carboxylic acid groups (broad SMARTS) is 1. The maximum atomic E-state index is 12.3. The van der Waals surface area contributed by atoms with E-state index in [1.54, 1.807) is 6.07 Å². The number of para-hydroxylation sites is 1. The summed E-state index contributed by atoms with van der Waals surface area (Å²) in [5.74, 6) is -1.16. The summed E-state index contributed by atoms with van der Waals surface area (Å²) in [4.78, 5) is 23.8. The van der Waals surface area contributed by atoms with Crippen molar-refractivity contribution in [3.05, 3.63) is 54.6 Å². The van der Waals surface area contributed by atoms with E-state index < -0.39 is 17.9 Å². The van der Waals surface area contributed by atoms with E-state index in [0.717, 1.165) is 24.0 Å². The summed E-state index contributed by atoms with van der Waals surface area (Å²) in [5.41, 5.74) is 1.86. The first-order valence-corrected chi connectivity index (χ1v) is 9.02. The molecule has 0 bridgehead atoms. The zero-order chi connectivity index (χ0) is 19.1. The maximum absolute atomic E-state index is 12.3. The minimum Gasteiger partial charge on any atom is -0.483 e. The molecule has 6 heteroatoms. The fourth-order valence-corrected chi connectivity index (χ4v) is 3.22. The second-order valence-corrected chi connectivity index (χ2v) is 6.51. The van der Waals surface area contributed by atoms with E-state index in [2.05, 4.69) is 5.32 Å².